The summed E-state index contributed by atoms with van der Waals surface area (Å²) in [5.74, 6) is 1.69. The summed E-state index contributed by atoms with van der Waals surface area (Å²) in [6.45, 7) is 0.574. The van der Waals surface area contributed by atoms with Gasteiger partial charge in [-0.2, -0.15) is 5.10 Å². The van der Waals surface area contributed by atoms with E-state index in [0.717, 1.165) is 50.8 Å². The van der Waals surface area contributed by atoms with Crippen LogP contribution in [0, 0.1) is 22.5 Å². The molecule has 0 aliphatic heterocycles. The normalized spacial score (nSPS) is 29.5. The van der Waals surface area contributed by atoms with Gasteiger partial charge in [-0.15, -0.1) is 0 Å². The van der Waals surface area contributed by atoms with E-state index >= 15 is 0 Å². The van der Waals surface area contributed by atoms with Gasteiger partial charge in [-0.25, -0.2) is 0 Å². The molecule has 0 spiro atoms. The Bertz CT molecular complexity index is 690. The minimum absolute atomic E-state index is 0.00209. The molecule has 2 bridgehead atoms. The third-order valence-electron chi connectivity index (χ3n) is 5.76. The zero-order chi connectivity index (χ0) is 16.7. The van der Waals surface area contributed by atoms with Gasteiger partial charge in [0.2, 0.25) is 5.91 Å². The number of Topliss-reactive ketones (excluding diaryl/α,β-unsaturated/α-hetero) is 1. The SMILES string of the molecule is O=C(NCCc1n[nH]c(=S)n1C1CC1)C1CC2CCCC(C1)C2=O. The first-order valence-electron chi connectivity index (χ1n) is 9.10. The number of amides is 1. The molecule has 3 saturated carbocycles. The Morgan fingerprint density at radius 3 is 2.62 bits per heavy atom. The Hall–Kier alpha value is -1.50. The van der Waals surface area contributed by atoms with E-state index in [1.54, 1.807) is 0 Å². The zero-order valence-electron chi connectivity index (χ0n) is 13.8. The minimum Gasteiger partial charge on any atom is -0.355 e. The molecule has 0 aromatic carbocycles. The van der Waals surface area contributed by atoms with Gasteiger partial charge in [-0.3, -0.25) is 14.7 Å². The highest BCUT2D eigenvalue weighted by Crippen LogP contribution is 2.40. The molecular formula is C17H24N4O2S. The lowest BCUT2D eigenvalue weighted by atomic mass is 9.67. The highest BCUT2D eigenvalue weighted by Gasteiger charge is 2.41. The van der Waals surface area contributed by atoms with Crippen molar-refractivity contribution in [3.8, 4) is 0 Å². The van der Waals surface area contributed by atoms with Gasteiger partial charge in [0.1, 0.15) is 11.6 Å². The molecule has 24 heavy (non-hydrogen) atoms. The molecule has 130 valence electrons. The fourth-order valence-corrected chi connectivity index (χ4v) is 4.66. The van der Waals surface area contributed by atoms with E-state index in [1.165, 1.54) is 0 Å². The van der Waals surface area contributed by atoms with E-state index in [9.17, 15) is 9.59 Å². The van der Waals surface area contributed by atoms with Gasteiger partial charge >= 0.3 is 0 Å². The van der Waals surface area contributed by atoms with Crippen molar-refractivity contribution >= 4 is 23.9 Å². The molecule has 1 heterocycles. The van der Waals surface area contributed by atoms with Crippen LogP contribution in [0.3, 0.4) is 0 Å². The van der Waals surface area contributed by atoms with Crippen LogP contribution in [0.5, 0.6) is 0 Å². The Morgan fingerprint density at radius 1 is 1.25 bits per heavy atom. The average Bonchev–Trinajstić information content (AvgIpc) is 3.31. The van der Waals surface area contributed by atoms with Gasteiger partial charge in [0.05, 0.1) is 0 Å². The first-order chi connectivity index (χ1) is 11.6. The molecule has 2 atom stereocenters. The fraction of sp³-hybridized carbons (Fsp3) is 0.765. The number of H-pyrrole nitrogens is 1. The van der Waals surface area contributed by atoms with Crippen molar-refractivity contribution in [1.29, 1.82) is 0 Å². The highest BCUT2D eigenvalue weighted by atomic mass is 32.1. The molecule has 2 N–H and O–H groups in total. The number of rotatable bonds is 5. The first kappa shape index (κ1) is 16.0. The molecule has 7 heteroatoms. The number of carbonyl (C=O) groups excluding carboxylic acids is 2. The summed E-state index contributed by atoms with van der Waals surface area (Å²) in [5.41, 5.74) is 0. The van der Waals surface area contributed by atoms with Crippen molar-refractivity contribution in [3.63, 3.8) is 0 Å². The van der Waals surface area contributed by atoms with Gasteiger partial charge in [0.25, 0.3) is 0 Å². The lowest BCUT2D eigenvalue weighted by Gasteiger charge is -2.36. The zero-order valence-corrected chi connectivity index (χ0v) is 14.6. The topological polar surface area (TPSA) is 79.8 Å². The van der Waals surface area contributed by atoms with Crippen LogP contribution < -0.4 is 5.32 Å². The number of nitrogens with one attached hydrogen (secondary N) is 2. The van der Waals surface area contributed by atoms with E-state index in [4.69, 9.17) is 12.2 Å². The number of fused-ring (bicyclic) bond motifs is 2. The maximum atomic E-state index is 12.5. The lowest BCUT2D eigenvalue weighted by molar-refractivity contribution is -0.137. The highest BCUT2D eigenvalue weighted by molar-refractivity contribution is 7.71. The van der Waals surface area contributed by atoms with Crippen LogP contribution in [0.4, 0.5) is 0 Å². The van der Waals surface area contributed by atoms with Gasteiger partial charge in [-0.1, -0.05) is 6.42 Å². The Morgan fingerprint density at radius 2 is 1.96 bits per heavy atom. The van der Waals surface area contributed by atoms with Gasteiger partial charge in [0.15, 0.2) is 4.77 Å². The van der Waals surface area contributed by atoms with Crippen LogP contribution in [-0.2, 0) is 16.0 Å². The van der Waals surface area contributed by atoms with E-state index < -0.39 is 0 Å². The van der Waals surface area contributed by atoms with E-state index in [-0.39, 0.29) is 23.7 Å². The Balaban J connectivity index is 1.31. The molecule has 0 radical (unpaired) electrons. The van der Waals surface area contributed by atoms with Crippen molar-refractivity contribution in [2.24, 2.45) is 17.8 Å². The molecule has 3 aliphatic carbocycles. The van der Waals surface area contributed by atoms with Crippen LogP contribution in [-0.4, -0.2) is 33.0 Å². The Labute approximate surface area is 146 Å². The Kier molecular flexibility index (Phi) is 4.28. The van der Waals surface area contributed by atoms with E-state index in [2.05, 4.69) is 20.1 Å². The van der Waals surface area contributed by atoms with E-state index in [0.29, 0.717) is 29.6 Å². The first-order valence-corrected chi connectivity index (χ1v) is 9.51. The molecule has 3 aliphatic rings. The van der Waals surface area contributed by atoms with Crippen LogP contribution in [0.1, 0.15) is 56.8 Å². The lowest BCUT2D eigenvalue weighted by Crippen LogP contribution is -2.43. The van der Waals surface area contributed by atoms with Crippen LogP contribution in [0.25, 0.3) is 0 Å². The van der Waals surface area contributed by atoms with Gasteiger partial charge in [0, 0.05) is 36.8 Å². The van der Waals surface area contributed by atoms with Crippen molar-refractivity contribution in [2.75, 3.05) is 6.54 Å². The predicted molar refractivity (Wildman–Crippen MR) is 91.0 cm³/mol. The molecule has 4 rings (SSSR count). The summed E-state index contributed by atoms with van der Waals surface area (Å²) in [6.07, 6.45) is 7.56. The molecule has 0 saturated heterocycles. The second kappa shape index (κ2) is 6.43. The number of carbonyl (C=O) groups is 2. The number of hydrogen-bond donors (Lipinski definition) is 2. The largest absolute Gasteiger partial charge is 0.355 e. The quantitative estimate of drug-likeness (QED) is 0.801. The minimum atomic E-state index is 0.00209. The van der Waals surface area contributed by atoms with Crippen LogP contribution in [0.15, 0.2) is 0 Å². The smallest absolute Gasteiger partial charge is 0.223 e. The number of aromatic nitrogens is 3. The molecular weight excluding hydrogens is 324 g/mol. The summed E-state index contributed by atoms with van der Waals surface area (Å²) in [6, 6.07) is 0.491. The summed E-state index contributed by atoms with van der Waals surface area (Å²) in [7, 11) is 0. The molecule has 1 aromatic rings. The number of ketones is 1. The summed E-state index contributed by atoms with van der Waals surface area (Å²) >= 11 is 5.28. The van der Waals surface area contributed by atoms with Crippen molar-refractivity contribution < 1.29 is 9.59 Å². The third-order valence-corrected chi connectivity index (χ3v) is 6.04. The third kappa shape index (κ3) is 3.06. The van der Waals surface area contributed by atoms with Crippen molar-refractivity contribution in [2.45, 2.75) is 57.4 Å². The number of aromatic amines is 1. The molecule has 1 amide bonds. The number of nitrogens with zero attached hydrogens (tertiary/aromatic N) is 2. The summed E-state index contributed by atoms with van der Waals surface area (Å²) in [5, 5.41) is 10.2. The van der Waals surface area contributed by atoms with E-state index in [1.807, 2.05) is 0 Å². The maximum Gasteiger partial charge on any atom is 0.223 e. The van der Waals surface area contributed by atoms with Crippen LogP contribution in [0.2, 0.25) is 0 Å². The molecule has 1 aromatic heterocycles. The van der Waals surface area contributed by atoms with Crippen LogP contribution >= 0.6 is 12.2 Å². The van der Waals surface area contributed by atoms with Gasteiger partial charge < -0.3 is 9.88 Å². The maximum absolute atomic E-state index is 12.5. The molecule has 3 fully saturated rings. The van der Waals surface area contributed by atoms with Gasteiger partial charge in [-0.05, 0) is 50.7 Å². The number of hydrogen-bond acceptors (Lipinski definition) is 4. The van der Waals surface area contributed by atoms with Crippen molar-refractivity contribution in [3.05, 3.63) is 10.6 Å². The monoisotopic (exact) mass is 348 g/mol. The molecule has 2 unspecified atom stereocenters. The summed E-state index contributed by atoms with van der Waals surface area (Å²) < 4.78 is 2.77. The predicted octanol–water partition coefficient (Wildman–Crippen LogP) is 2.33. The summed E-state index contributed by atoms with van der Waals surface area (Å²) in [4.78, 5) is 24.6. The molecule has 6 nitrogen and oxygen atoms in total. The standard InChI is InChI=1S/C17H24N4O2S/c22-15-10-2-1-3-11(15)9-12(8-10)16(23)18-7-6-14-19-20-17(24)21(14)13-4-5-13/h10-13H,1-9H2,(H,18,23)(H,20,24). The second-order valence-corrected chi connectivity index (χ2v) is 7.87. The van der Waals surface area contributed by atoms with Crippen molar-refractivity contribution in [1.82, 2.24) is 20.1 Å². The average molecular weight is 348 g/mol. The fourth-order valence-electron chi connectivity index (χ4n) is 4.36. The second-order valence-electron chi connectivity index (χ2n) is 7.48.